The Hall–Kier alpha value is -3.80. The molecule has 0 fully saturated rings. The quantitative estimate of drug-likeness (QED) is 0.241. The number of hydrogen-bond donors (Lipinski definition) is 1. The van der Waals surface area contributed by atoms with Gasteiger partial charge >= 0.3 is 5.97 Å². The molecule has 0 spiro atoms. The Morgan fingerprint density at radius 2 is 1.30 bits per heavy atom. The van der Waals surface area contributed by atoms with Crippen LogP contribution in [-0.4, -0.2) is 23.9 Å². The molecule has 0 aliphatic carbocycles. The van der Waals surface area contributed by atoms with E-state index in [-0.39, 0.29) is 10.8 Å². The third-order valence-electron chi connectivity index (χ3n) is 5.88. The molecule has 37 heavy (non-hydrogen) atoms. The molecular formula is C31H37NO5. The molecule has 6 nitrogen and oxygen atoms in total. The van der Waals surface area contributed by atoms with E-state index in [9.17, 15) is 4.79 Å². The highest BCUT2D eigenvalue weighted by Crippen LogP contribution is 2.27. The zero-order valence-electron chi connectivity index (χ0n) is 22.6. The summed E-state index contributed by atoms with van der Waals surface area (Å²) in [6, 6.07) is 22.2. The molecular weight excluding hydrogens is 466 g/mol. The Morgan fingerprint density at radius 1 is 0.784 bits per heavy atom. The van der Waals surface area contributed by atoms with Crippen molar-refractivity contribution in [3.8, 4) is 11.5 Å². The van der Waals surface area contributed by atoms with Crippen LogP contribution in [0.25, 0.3) is 0 Å². The molecule has 0 amide bonds. The number of carboxylic acids is 1. The van der Waals surface area contributed by atoms with Crippen molar-refractivity contribution in [1.29, 1.82) is 0 Å². The Kier molecular flexibility index (Phi) is 8.98. The van der Waals surface area contributed by atoms with Crippen LogP contribution < -0.4 is 9.47 Å². The van der Waals surface area contributed by atoms with Crippen LogP contribution in [-0.2, 0) is 33.7 Å². The molecule has 1 N–H and O–H groups in total. The van der Waals surface area contributed by atoms with Crippen LogP contribution in [0.1, 0.15) is 69.4 Å². The van der Waals surface area contributed by atoms with E-state index in [1.165, 1.54) is 17.3 Å². The molecule has 0 aromatic heterocycles. The van der Waals surface area contributed by atoms with Gasteiger partial charge in [-0.2, -0.15) is 0 Å². The molecule has 0 saturated heterocycles. The minimum Gasteiger partial charge on any atom is -0.489 e. The normalized spacial score (nSPS) is 11.9. The highest BCUT2D eigenvalue weighted by atomic mass is 16.6. The number of nitrogens with zero attached hydrogens (tertiary/aromatic N) is 1. The fourth-order valence-corrected chi connectivity index (χ4v) is 3.55. The van der Waals surface area contributed by atoms with Crippen LogP contribution in [0.2, 0.25) is 0 Å². The van der Waals surface area contributed by atoms with Gasteiger partial charge in [0.1, 0.15) is 24.7 Å². The molecule has 0 aliphatic heterocycles. The molecule has 0 saturated carbocycles. The van der Waals surface area contributed by atoms with E-state index in [1.54, 1.807) is 0 Å². The average Bonchev–Trinajstić information content (AvgIpc) is 2.84. The van der Waals surface area contributed by atoms with E-state index < -0.39 is 12.6 Å². The molecule has 3 aromatic carbocycles. The second-order valence-electron chi connectivity index (χ2n) is 11.1. The van der Waals surface area contributed by atoms with Gasteiger partial charge in [0.05, 0.1) is 6.21 Å². The lowest BCUT2D eigenvalue weighted by atomic mass is 9.87. The zero-order chi connectivity index (χ0) is 27.1. The van der Waals surface area contributed by atoms with Crippen molar-refractivity contribution in [1.82, 2.24) is 0 Å². The first-order valence-electron chi connectivity index (χ1n) is 12.4. The smallest absolute Gasteiger partial charge is 0.344 e. The lowest BCUT2D eigenvalue weighted by Crippen LogP contribution is -2.11. The van der Waals surface area contributed by atoms with Crippen LogP contribution >= 0.6 is 0 Å². The summed E-state index contributed by atoms with van der Waals surface area (Å²) in [5, 5.41) is 12.5. The van der Waals surface area contributed by atoms with E-state index in [0.29, 0.717) is 30.3 Å². The number of ether oxygens (including phenoxy) is 2. The topological polar surface area (TPSA) is 77.4 Å². The predicted octanol–water partition coefficient (Wildman–Crippen LogP) is 6.87. The van der Waals surface area contributed by atoms with Gasteiger partial charge in [-0.3, -0.25) is 0 Å². The Morgan fingerprint density at radius 3 is 1.78 bits per heavy atom. The summed E-state index contributed by atoms with van der Waals surface area (Å²) in [6.45, 7) is 13.4. The SMILES string of the molecule is CC(C)(C)c1ccc(COc2ccc(/C=N/OCC(=O)O)c(OCc3ccc(C(C)(C)C)cc3)c2)cc1. The van der Waals surface area contributed by atoms with Crippen molar-refractivity contribution >= 4 is 12.2 Å². The number of benzene rings is 3. The number of rotatable bonds is 10. The van der Waals surface area contributed by atoms with E-state index in [2.05, 4.69) is 95.2 Å². The minimum absolute atomic E-state index is 0.0811. The van der Waals surface area contributed by atoms with E-state index in [4.69, 9.17) is 19.4 Å². The van der Waals surface area contributed by atoms with Crippen LogP contribution in [0.3, 0.4) is 0 Å². The second-order valence-corrected chi connectivity index (χ2v) is 11.1. The number of hydrogen-bond acceptors (Lipinski definition) is 5. The van der Waals surface area contributed by atoms with Crippen molar-refractivity contribution in [3.63, 3.8) is 0 Å². The van der Waals surface area contributed by atoms with Gasteiger partial charge in [-0.05, 0) is 45.2 Å². The van der Waals surface area contributed by atoms with Gasteiger partial charge in [0.15, 0.2) is 0 Å². The molecule has 0 bridgehead atoms. The summed E-state index contributed by atoms with van der Waals surface area (Å²) in [7, 11) is 0. The first kappa shape index (κ1) is 27.8. The first-order chi connectivity index (χ1) is 17.4. The zero-order valence-corrected chi connectivity index (χ0v) is 22.6. The number of aliphatic carboxylic acids is 1. The third-order valence-corrected chi connectivity index (χ3v) is 5.88. The fourth-order valence-electron chi connectivity index (χ4n) is 3.55. The lowest BCUT2D eigenvalue weighted by Gasteiger charge is -2.19. The maximum absolute atomic E-state index is 10.7. The van der Waals surface area contributed by atoms with Crippen LogP contribution in [0.4, 0.5) is 0 Å². The highest BCUT2D eigenvalue weighted by molar-refractivity contribution is 5.83. The van der Waals surface area contributed by atoms with E-state index >= 15 is 0 Å². The van der Waals surface area contributed by atoms with Gasteiger partial charge in [0, 0.05) is 11.6 Å². The van der Waals surface area contributed by atoms with Gasteiger partial charge in [-0.1, -0.05) is 95.2 Å². The number of carbonyl (C=O) groups is 1. The van der Waals surface area contributed by atoms with Gasteiger partial charge < -0.3 is 19.4 Å². The second kappa shape index (κ2) is 12.0. The largest absolute Gasteiger partial charge is 0.489 e. The van der Waals surface area contributed by atoms with Crippen molar-refractivity contribution in [2.75, 3.05) is 6.61 Å². The monoisotopic (exact) mass is 503 g/mol. The number of oxime groups is 1. The van der Waals surface area contributed by atoms with Crippen molar-refractivity contribution in [2.24, 2.45) is 5.16 Å². The Labute approximate surface area is 219 Å². The summed E-state index contributed by atoms with van der Waals surface area (Å²) < 4.78 is 12.2. The van der Waals surface area contributed by atoms with Crippen LogP contribution in [0.15, 0.2) is 71.9 Å². The van der Waals surface area contributed by atoms with Crippen LogP contribution in [0, 0.1) is 0 Å². The molecule has 0 radical (unpaired) electrons. The van der Waals surface area contributed by atoms with Gasteiger partial charge in [-0.25, -0.2) is 4.79 Å². The molecule has 6 heteroatoms. The fraction of sp³-hybridized carbons (Fsp3) is 0.355. The maximum atomic E-state index is 10.7. The van der Waals surface area contributed by atoms with E-state index in [0.717, 1.165) is 11.1 Å². The minimum atomic E-state index is -1.09. The average molecular weight is 504 g/mol. The lowest BCUT2D eigenvalue weighted by molar-refractivity contribution is -0.142. The summed E-state index contributed by atoms with van der Waals surface area (Å²) in [5.74, 6) is 0.122. The predicted molar refractivity (Wildman–Crippen MR) is 147 cm³/mol. The first-order valence-corrected chi connectivity index (χ1v) is 12.4. The van der Waals surface area contributed by atoms with Gasteiger partial charge in [0.25, 0.3) is 0 Å². The molecule has 0 aliphatic rings. The molecule has 3 rings (SSSR count). The van der Waals surface area contributed by atoms with Crippen molar-refractivity contribution in [3.05, 3.63) is 94.5 Å². The Bertz CT molecular complexity index is 1200. The summed E-state index contributed by atoms with van der Waals surface area (Å²) in [5.41, 5.74) is 5.47. The van der Waals surface area contributed by atoms with Gasteiger partial charge in [0.2, 0.25) is 6.61 Å². The highest BCUT2D eigenvalue weighted by Gasteiger charge is 2.14. The maximum Gasteiger partial charge on any atom is 0.344 e. The summed E-state index contributed by atoms with van der Waals surface area (Å²) in [4.78, 5) is 15.5. The third kappa shape index (κ3) is 8.67. The van der Waals surface area contributed by atoms with Crippen LogP contribution in [0.5, 0.6) is 11.5 Å². The summed E-state index contributed by atoms with van der Waals surface area (Å²) >= 11 is 0. The van der Waals surface area contributed by atoms with Crippen molar-refractivity contribution < 1.29 is 24.2 Å². The molecule has 0 heterocycles. The van der Waals surface area contributed by atoms with E-state index in [1.807, 2.05) is 18.2 Å². The standard InChI is InChI=1S/C31H37NO5/c1-30(2,3)25-12-7-22(8-13-25)19-35-27-16-11-24(18-32-37-21-29(33)34)28(17-27)36-20-23-9-14-26(15-10-23)31(4,5)6/h7-18H,19-21H2,1-6H3,(H,33,34)/b32-18+. The Balaban J connectivity index is 1.73. The molecule has 196 valence electrons. The summed E-state index contributed by atoms with van der Waals surface area (Å²) in [6.07, 6.45) is 1.44. The number of carboxylic acid groups (broad SMARTS) is 1. The van der Waals surface area contributed by atoms with Gasteiger partial charge in [-0.15, -0.1) is 0 Å². The van der Waals surface area contributed by atoms with Crippen molar-refractivity contribution in [2.45, 2.75) is 65.6 Å². The molecule has 0 atom stereocenters. The molecule has 0 unspecified atom stereocenters. The molecule has 3 aromatic rings.